The van der Waals surface area contributed by atoms with E-state index < -0.39 is 0 Å². The Balaban J connectivity index is 2.47. The molecule has 1 heterocycles. The third-order valence-corrected chi connectivity index (χ3v) is 1.87. The van der Waals surface area contributed by atoms with Crippen LogP contribution in [-0.2, 0) is 6.42 Å². The van der Waals surface area contributed by atoms with Gasteiger partial charge in [0.1, 0.15) is 0 Å². The molecule has 0 aromatic heterocycles. The fraction of sp³-hybridized carbons (Fsp3) is 0.222. The maximum Gasteiger partial charge on any atom is 0.231 e. The molecule has 0 saturated heterocycles. The Morgan fingerprint density at radius 3 is 3.08 bits per heavy atom. The van der Waals surface area contributed by atoms with Gasteiger partial charge in [-0.3, -0.25) is 0 Å². The Hall–Kier alpha value is -1.89. The summed E-state index contributed by atoms with van der Waals surface area (Å²) >= 11 is 0. The summed E-state index contributed by atoms with van der Waals surface area (Å²) in [4.78, 5) is 0. The van der Waals surface area contributed by atoms with Crippen molar-refractivity contribution in [3.05, 3.63) is 17.7 Å². The topological polar surface area (TPSA) is 62.5 Å². The van der Waals surface area contributed by atoms with Crippen LogP contribution in [-0.4, -0.2) is 11.9 Å². The Morgan fingerprint density at radius 2 is 2.31 bits per heavy atom. The number of aromatic hydroxyl groups is 1. The predicted octanol–water partition coefficient (Wildman–Crippen LogP) is 1.19. The molecule has 0 radical (unpaired) electrons. The van der Waals surface area contributed by atoms with Gasteiger partial charge in [-0.25, -0.2) is 0 Å². The molecule has 1 N–H and O–H groups in total. The predicted molar refractivity (Wildman–Crippen MR) is 43.5 cm³/mol. The molecule has 1 aromatic carbocycles. The fourth-order valence-corrected chi connectivity index (χ4v) is 1.23. The zero-order valence-corrected chi connectivity index (χ0v) is 6.78. The summed E-state index contributed by atoms with van der Waals surface area (Å²) in [6.45, 7) is 0.124. The lowest BCUT2D eigenvalue weighted by atomic mass is 10.1. The van der Waals surface area contributed by atoms with Gasteiger partial charge in [0, 0.05) is 5.56 Å². The maximum atomic E-state index is 9.58. The Labute approximate surface area is 74.9 Å². The second-order valence-electron chi connectivity index (χ2n) is 2.64. The molecule has 1 aromatic rings. The third-order valence-electron chi connectivity index (χ3n) is 1.87. The van der Waals surface area contributed by atoms with Crippen molar-refractivity contribution in [3.63, 3.8) is 0 Å². The zero-order valence-electron chi connectivity index (χ0n) is 6.78. The summed E-state index contributed by atoms with van der Waals surface area (Å²) in [5.74, 6) is 0.878. The lowest BCUT2D eigenvalue weighted by molar-refractivity contribution is 0.171. The average molecular weight is 177 g/mol. The SMILES string of the molecule is N#CCc1ccc2c(c1O)OCO2. The van der Waals surface area contributed by atoms with E-state index in [-0.39, 0.29) is 19.0 Å². The molecule has 0 amide bonds. The van der Waals surface area contributed by atoms with Crippen molar-refractivity contribution in [1.29, 1.82) is 5.26 Å². The van der Waals surface area contributed by atoms with Gasteiger partial charge >= 0.3 is 0 Å². The first-order chi connectivity index (χ1) is 6.33. The standard InChI is InChI=1S/C9H7NO3/c10-4-3-6-1-2-7-9(8(6)11)13-5-12-7/h1-2,11H,3,5H2. The normalized spacial score (nSPS) is 12.5. The van der Waals surface area contributed by atoms with E-state index in [1.165, 1.54) is 0 Å². The second kappa shape index (κ2) is 2.87. The molecule has 66 valence electrons. The molecule has 0 saturated carbocycles. The van der Waals surface area contributed by atoms with E-state index in [4.69, 9.17) is 14.7 Å². The maximum absolute atomic E-state index is 9.58. The summed E-state index contributed by atoms with van der Waals surface area (Å²) in [5.41, 5.74) is 0.562. The minimum atomic E-state index is 0.0107. The number of rotatable bonds is 1. The van der Waals surface area contributed by atoms with Crippen LogP contribution in [0.1, 0.15) is 5.56 Å². The Morgan fingerprint density at radius 1 is 1.46 bits per heavy atom. The van der Waals surface area contributed by atoms with Gasteiger partial charge in [0.15, 0.2) is 11.5 Å². The summed E-state index contributed by atoms with van der Waals surface area (Å²) in [6, 6.07) is 5.31. The number of hydrogen-bond acceptors (Lipinski definition) is 4. The molecule has 0 bridgehead atoms. The number of benzene rings is 1. The highest BCUT2D eigenvalue weighted by molar-refractivity contribution is 5.56. The van der Waals surface area contributed by atoms with Gasteiger partial charge < -0.3 is 14.6 Å². The van der Waals surface area contributed by atoms with Crippen LogP contribution in [0.4, 0.5) is 0 Å². The Bertz CT molecular complexity index is 381. The quantitative estimate of drug-likeness (QED) is 0.699. The smallest absolute Gasteiger partial charge is 0.231 e. The lowest BCUT2D eigenvalue weighted by Crippen LogP contribution is -1.93. The minimum Gasteiger partial charge on any atom is -0.504 e. The second-order valence-corrected chi connectivity index (χ2v) is 2.64. The van der Waals surface area contributed by atoms with Gasteiger partial charge in [-0.15, -0.1) is 0 Å². The minimum absolute atomic E-state index is 0.0107. The van der Waals surface area contributed by atoms with E-state index in [1.807, 2.05) is 6.07 Å². The van der Waals surface area contributed by atoms with Gasteiger partial charge in [0.25, 0.3) is 0 Å². The number of phenolic OH excluding ortho intramolecular Hbond substituents is 1. The molecule has 0 aliphatic carbocycles. The van der Waals surface area contributed by atoms with Crippen molar-refractivity contribution >= 4 is 0 Å². The molecule has 1 aliphatic heterocycles. The van der Waals surface area contributed by atoms with Crippen LogP contribution >= 0.6 is 0 Å². The summed E-state index contributed by atoms with van der Waals surface area (Å²) < 4.78 is 10.1. The highest BCUT2D eigenvalue weighted by atomic mass is 16.7. The number of phenols is 1. The van der Waals surface area contributed by atoms with Crippen LogP contribution in [0.25, 0.3) is 0 Å². The van der Waals surface area contributed by atoms with Crippen molar-refractivity contribution in [2.24, 2.45) is 0 Å². The van der Waals surface area contributed by atoms with Crippen LogP contribution in [0.15, 0.2) is 12.1 Å². The van der Waals surface area contributed by atoms with Crippen LogP contribution in [0.2, 0.25) is 0 Å². The molecule has 13 heavy (non-hydrogen) atoms. The van der Waals surface area contributed by atoms with Crippen LogP contribution in [0.5, 0.6) is 17.2 Å². The largest absolute Gasteiger partial charge is 0.504 e. The van der Waals surface area contributed by atoms with Crippen molar-refractivity contribution in [2.45, 2.75) is 6.42 Å². The molecule has 2 rings (SSSR count). The number of ether oxygens (including phenoxy) is 2. The van der Waals surface area contributed by atoms with Crippen LogP contribution in [0, 0.1) is 11.3 Å². The van der Waals surface area contributed by atoms with E-state index in [0.717, 1.165) is 0 Å². The zero-order chi connectivity index (χ0) is 9.26. The van der Waals surface area contributed by atoms with Crippen LogP contribution in [0.3, 0.4) is 0 Å². The van der Waals surface area contributed by atoms with Gasteiger partial charge in [-0.1, -0.05) is 6.07 Å². The molecule has 0 spiro atoms. The van der Waals surface area contributed by atoms with Crippen LogP contribution < -0.4 is 9.47 Å². The first-order valence-corrected chi connectivity index (χ1v) is 3.80. The highest BCUT2D eigenvalue weighted by Gasteiger charge is 2.19. The van der Waals surface area contributed by atoms with E-state index in [0.29, 0.717) is 17.1 Å². The van der Waals surface area contributed by atoms with Gasteiger partial charge in [0.05, 0.1) is 12.5 Å². The van der Waals surface area contributed by atoms with E-state index in [9.17, 15) is 5.11 Å². The van der Waals surface area contributed by atoms with E-state index in [2.05, 4.69) is 0 Å². The molecule has 0 atom stereocenters. The molecule has 4 nitrogen and oxygen atoms in total. The molecule has 4 heteroatoms. The van der Waals surface area contributed by atoms with E-state index >= 15 is 0 Å². The molecular weight excluding hydrogens is 170 g/mol. The van der Waals surface area contributed by atoms with E-state index in [1.54, 1.807) is 12.1 Å². The summed E-state index contributed by atoms with van der Waals surface area (Å²) in [5, 5.41) is 18.0. The first-order valence-electron chi connectivity index (χ1n) is 3.80. The average Bonchev–Trinajstić information content (AvgIpc) is 2.58. The van der Waals surface area contributed by atoms with Gasteiger partial charge in [-0.2, -0.15) is 5.26 Å². The van der Waals surface area contributed by atoms with Gasteiger partial charge in [0.2, 0.25) is 12.5 Å². The number of nitriles is 1. The highest BCUT2D eigenvalue weighted by Crippen LogP contribution is 2.42. The summed E-state index contributed by atoms with van der Waals surface area (Å²) in [7, 11) is 0. The molecule has 1 aliphatic rings. The van der Waals surface area contributed by atoms with Crippen molar-refractivity contribution in [3.8, 4) is 23.3 Å². The number of nitrogens with zero attached hydrogens (tertiary/aromatic N) is 1. The number of fused-ring (bicyclic) bond motifs is 1. The van der Waals surface area contributed by atoms with Crippen molar-refractivity contribution < 1.29 is 14.6 Å². The lowest BCUT2D eigenvalue weighted by Gasteiger charge is -2.02. The van der Waals surface area contributed by atoms with Crippen molar-refractivity contribution in [1.82, 2.24) is 0 Å². The third kappa shape index (κ3) is 1.14. The number of hydrogen-bond donors (Lipinski definition) is 1. The monoisotopic (exact) mass is 177 g/mol. The fourth-order valence-electron chi connectivity index (χ4n) is 1.23. The summed E-state index contributed by atoms with van der Waals surface area (Å²) in [6.07, 6.45) is 0.169. The molecular formula is C9H7NO3. The first kappa shape index (κ1) is 7.74. The molecule has 0 unspecified atom stereocenters. The van der Waals surface area contributed by atoms with Gasteiger partial charge in [-0.05, 0) is 6.07 Å². The molecule has 0 fully saturated rings. The Kier molecular flexibility index (Phi) is 1.71. The van der Waals surface area contributed by atoms with Crippen molar-refractivity contribution in [2.75, 3.05) is 6.79 Å².